The van der Waals surface area contributed by atoms with Gasteiger partial charge in [-0.05, 0) is 149 Å². The zero-order valence-corrected chi connectivity index (χ0v) is 46.8. The summed E-state index contributed by atoms with van der Waals surface area (Å²) in [5.74, 6) is -0.526. The van der Waals surface area contributed by atoms with Gasteiger partial charge in [0, 0.05) is 115 Å². The first-order chi connectivity index (χ1) is 38.1. The molecule has 398 valence electrons. The second kappa shape index (κ2) is 22.8. The van der Waals surface area contributed by atoms with E-state index in [1.807, 2.05) is 115 Å². The molecule has 8 aromatic carbocycles. The minimum Gasteiger partial charge on any atom is -0.377 e. The SMILES string of the molecule is CN=C(c1ccc2c(c1)c1cc(C(=O)c3c(C)cc(C)cc3C)ccc1n2CCOCCOCCn1c2ccc(C(=O)c3c(C)cc(C)cc3C)cc2c2cc(/C(=N/OC(C)=O)c3ccccc3C)ccc21)c1ccccc1C. The van der Waals surface area contributed by atoms with Crippen LogP contribution in [-0.4, -0.2) is 71.6 Å². The highest BCUT2D eigenvalue weighted by Crippen LogP contribution is 2.35. The number of ether oxygens (including phenoxy) is 2. The van der Waals surface area contributed by atoms with Gasteiger partial charge >= 0.3 is 5.97 Å². The number of carbonyl (C=O) groups excluding carboxylic acids is 3. The van der Waals surface area contributed by atoms with Crippen LogP contribution in [0.5, 0.6) is 0 Å². The number of aromatic nitrogens is 2. The number of hydrogen-bond donors (Lipinski definition) is 0. The monoisotopic (exact) mass is 1050 g/mol. The summed E-state index contributed by atoms with van der Waals surface area (Å²) in [6.45, 7) is 20.3. The first-order valence-corrected chi connectivity index (χ1v) is 27.0. The van der Waals surface area contributed by atoms with E-state index in [4.69, 9.17) is 19.3 Å². The molecule has 0 radical (unpaired) electrons. The summed E-state index contributed by atoms with van der Waals surface area (Å²) in [6.07, 6.45) is 0. The number of rotatable bonds is 18. The van der Waals surface area contributed by atoms with E-state index >= 15 is 0 Å². The number of aliphatic imine (C=N–C) groups is 1. The molecule has 10 aromatic rings. The molecule has 10 nitrogen and oxygen atoms in total. The molecule has 0 fully saturated rings. The molecule has 0 spiro atoms. The Morgan fingerprint density at radius 3 is 1.15 bits per heavy atom. The van der Waals surface area contributed by atoms with Gasteiger partial charge in [-0.25, -0.2) is 4.79 Å². The summed E-state index contributed by atoms with van der Waals surface area (Å²) in [6, 6.07) is 49.1. The Labute approximate surface area is 462 Å². The fourth-order valence-corrected chi connectivity index (χ4v) is 11.7. The van der Waals surface area contributed by atoms with Crippen molar-refractivity contribution in [2.24, 2.45) is 10.1 Å². The van der Waals surface area contributed by atoms with Gasteiger partial charge in [0.15, 0.2) is 11.6 Å². The van der Waals surface area contributed by atoms with Gasteiger partial charge in [-0.1, -0.05) is 101 Å². The third kappa shape index (κ3) is 10.7. The Bertz CT molecular complexity index is 4090. The maximum Gasteiger partial charge on any atom is 0.332 e. The second-order valence-electron chi connectivity index (χ2n) is 20.9. The average Bonchev–Trinajstić information content (AvgIpc) is 4.14. The first kappa shape index (κ1) is 53.8. The van der Waals surface area contributed by atoms with E-state index in [-0.39, 0.29) is 11.6 Å². The summed E-state index contributed by atoms with van der Waals surface area (Å²) in [5.41, 5.74) is 20.1. The molecular formula is C69H66N4O6. The molecule has 0 saturated carbocycles. The molecule has 10 heteroatoms. The molecule has 0 aliphatic rings. The molecule has 0 atom stereocenters. The third-order valence-corrected chi connectivity index (χ3v) is 15.2. The summed E-state index contributed by atoms with van der Waals surface area (Å²) < 4.78 is 17.1. The topological polar surface area (TPSA) is 113 Å². The van der Waals surface area contributed by atoms with Crippen LogP contribution < -0.4 is 0 Å². The van der Waals surface area contributed by atoms with Gasteiger partial charge < -0.3 is 23.4 Å². The third-order valence-electron chi connectivity index (χ3n) is 15.2. The lowest BCUT2D eigenvalue weighted by molar-refractivity contribution is -0.140. The lowest BCUT2D eigenvalue weighted by Gasteiger charge is -2.12. The van der Waals surface area contributed by atoms with Crippen LogP contribution in [0.2, 0.25) is 0 Å². The van der Waals surface area contributed by atoms with Crippen molar-refractivity contribution in [3.63, 3.8) is 0 Å². The molecule has 0 N–H and O–H groups in total. The van der Waals surface area contributed by atoms with Gasteiger partial charge in [0.05, 0.1) is 32.1 Å². The van der Waals surface area contributed by atoms with Crippen LogP contribution in [0, 0.1) is 55.4 Å². The van der Waals surface area contributed by atoms with Crippen molar-refractivity contribution < 1.29 is 28.7 Å². The molecule has 0 bridgehead atoms. The van der Waals surface area contributed by atoms with E-state index < -0.39 is 5.97 Å². The lowest BCUT2D eigenvalue weighted by Crippen LogP contribution is -2.12. The van der Waals surface area contributed by atoms with Gasteiger partial charge in [0.25, 0.3) is 0 Å². The van der Waals surface area contributed by atoms with E-state index in [2.05, 4.69) is 107 Å². The minimum absolute atomic E-state index is 0.0143. The fraction of sp³-hybridized carbons (Fsp3) is 0.232. The Kier molecular flexibility index (Phi) is 15.5. The highest BCUT2D eigenvalue weighted by molar-refractivity contribution is 6.21. The molecule has 2 aromatic heterocycles. The van der Waals surface area contributed by atoms with Crippen molar-refractivity contribution in [1.29, 1.82) is 0 Å². The van der Waals surface area contributed by atoms with Crippen LogP contribution >= 0.6 is 0 Å². The molecule has 10 rings (SSSR count). The smallest absolute Gasteiger partial charge is 0.332 e. The summed E-state index contributed by atoms with van der Waals surface area (Å²) in [4.78, 5) is 50.7. The lowest BCUT2D eigenvalue weighted by atomic mass is 9.92. The predicted octanol–water partition coefficient (Wildman–Crippen LogP) is 14.3. The molecule has 0 aliphatic heterocycles. The van der Waals surface area contributed by atoms with Crippen molar-refractivity contribution in [3.8, 4) is 0 Å². The maximum absolute atomic E-state index is 14.3. The number of nitrogens with zero attached hydrogens (tertiary/aromatic N) is 4. The number of carbonyl (C=O) groups is 3. The highest BCUT2D eigenvalue weighted by Gasteiger charge is 2.23. The molecular weight excluding hydrogens is 981 g/mol. The Balaban J connectivity index is 0.892. The van der Waals surface area contributed by atoms with Crippen molar-refractivity contribution in [2.45, 2.75) is 75.4 Å². The van der Waals surface area contributed by atoms with E-state index in [1.165, 1.54) is 6.92 Å². The van der Waals surface area contributed by atoms with Crippen LogP contribution in [0.25, 0.3) is 43.6 Å². The summed E-state index contributed by atoms with van der Waals surface area (Å²) >= 11 is 0. The number of oxime groups is 1. The summed E-state index contributed by atoms with van der Waals surface area (Å²) in [7, 11) is 1.84. The van der Waals surface area contributed by atoms with Gasteiger partial charge in [-0.2, -0.15) is 0 Å². The zero-order chi connectivity index (χ0) is 55.6. The maximum atomic E-state index is 14.3. The van der Waals surface area contributed by atoms with Crippen molar-refractivity contribution in [1.82, 2.24) is 9.13 Å². The fourth-order valence-electron chi connectivity index (χ4n) is 11.7. The van der Waals surface area contributed by atoms with Crippen LogP contribution in [0.4, 0.5) is 0 Å². The minimum atomic E-state index is -0.514. The van der Waals surface area contributed by atoms with E-state index in [0.29, 0.717) is 61.9 Å². The number of hydrogen-bond acceptors (Lipinski definition) is 8. The van der Waals surface area contributed by atoms with Crippen LogP contribution in [-0.2, 0) is 32.2 Å². The van der Waals surface area contributed by atoms with Crippen molar-refractivity contribution in [3.05, 3.63) is 235 Å². The average molecular weight is 1050 g/mol. The number of aryl methyl sites for hydroxylation is 8. The quantitative estimate of drug-likeness (QED) is 0.0278. The molecule has 2 heterocycles. The van der Waals surface area contributed by atoms with E-state index in [0.717, 1.165) is 122 Å². The Morgan fingerprint density at radius 2 is 0.772 bits per heavy atom. The first-order valence-electron chi connectivity index (χ1n) is 27.0. The second-order valence-corrected chi connectivity index (χ2v) is 20.9. The molecule has 79 heavy (non-hydrogen) atoms. The van der Waals surface area contributed by atoms with E-state index in [9.17, 15) is 14.4 Å². The molecule has 0 saturated heterocycles. The van der Waals surface area contributed by atoms with Gasteiger partial charge in [0.1, 0.15) is 5.71 Å². The van der Waals surface area contributed by atoms with Gasteiger partial charge in [0.2, 0.25) is 0 Å². The molecule has 0 aliphatic carbocycles. The summed E-state index contributed by atoms with van der Waals surface area (Å²) in [5, 5.41) is 8.25. The molecule has 0 amide bonds. The van der Waals surface area contributed by atoms with E-state index in [1.54, 1.807) is 0 Å². The zero-order valence-electron chi connectivity index (χ0n) is 46.8. The normalized spacial score (nSPS) is 12.1. The largest absolute Gasteiger partial charge is 0.377 e. The standard InChI is InChI=1S/C69H66N4O6/c1-41-33-45(5)64(46(6)34-41)68(75)52-21-25-62-58(39-52)56-37-50(66(70-10)54-17-13-11-15-43(54)3)19-23-60(56)72(62)27-29-77-31-32-78-30-28-73-61-24-20-51(67(71-79-49(9)74)55-18-14-12-16-44(55)4)38-57(61)59-40-53(22-26-63(59)73)69(76)65-47(7)35-42(2)36-48(65)8/h11-26,33-40H,27-32H2,1-10H3/b70-66?,71-67-. The number of fused-ring (bicyclic) bond motifs is 6. The van der Waals surface area contributed by atoms with Crippen LogP contribution in [0.15, 0.2) is 156 Å². The van der Waals surface area contributed by atoms with Crippen molar-refractivity contribution in [2.75, 3.05) is 33.5 Å². The Hall–Kier alpha value is -8.57. The highest BCUT2D eigenvalue weighted by atomic mass is 16.7. The number of benzene rings is 8. The molecule has 0 unspecified atom stereocenters. The van der Waals surface area contributed by atoms with Gasteiger partial charge in [-0.15, -0.1) is 0 Å². The predicted molar refractivity (Wildman–Crippen MR) is 320 cm³/mol. The van der Waals surface area contributed by atoms with Gasteiger partial charge in [-0.3, -0.25) is 14.6 Å². The number of ketones is 2. The van der Waals surface area contributed by atoms with Crippen molar-refractivity contribution >= 4 is 72.6 Å². The van der Waals surface area contributed by atoms with Crippen LogP contribution in [0.3, 0.4) is 0 Å². The van der Waals surface area contributed by atoms with Crippen LogP contribution in [0.1, 0.15) is 106 Å². The Morgan fingerprint density at radius 1 is 0.418 bits per heavy atom.